The predicted molar refractivity (Wildman–Crippen MR) is 99.9 cm³/mol. The molecule has 0 saturated heterocycles. The molecule has 0 fully saturated rings. The largest absolute Gasteiger partial charge is 0.493 e. The maximum atomic E-state index is 6.62. The van der Waals surface area contributed by atoms with E-state index in [2.05, 4.69) is 66.6 Å². The van der Waals surface area contributed by atoms with Gasteiger partial charge in [-0.3, -0.25) is 0 Å². The van der Waals surface area contributed by atoms with E-state index in [-0.39, 0.29) is 5.38 Å². The molecule has 0 saturated carbocycles. The Bertz CT molecular complexity index is 619. The standard InChI is InChI=1S/C15H12Br2ClIO/c1-2-20-14-6-3-9(7-12(14)17)15(18)11-8-10(16)4-5-13(11)19/h3-8,15H,2H2,1H3. The Morgan fingerprint density at radius 1 is 1.20 bits per heavy atom. The van der Waals surface area contributed by atoms with Gasteiger partial charge >= 0.3 is 0 Å². The topological polar surface area (TPSA) is 9.23 Å². The van der Waals surface area contributed by atoms with Gasteiger partial charge in [0.15, 0.2) is 0 Å². The monoisotopic (exact) mass is 528 g/mol. The average molecular weight is 530 g/mol. The molecule has 0 bridgehead atoms. The molecule has 2 aromatic carbocycles. The molecule has 0 aliphatic heterocycles. The summed E-state index contributed by atoms with van der Waals surface area (Å²) >= 11 is 15.9. The molecule has 1 nitrogen and oxygen atoms in total. The first-order valence-corrected chi connectivity index (χ1v) is 9.14. The Hall–Kier alpha value is 0.220. The first-order valence-electron chi connectivity index (χ1n) is 6.04. The molecule has 1 atom stereocenters. The molecule has 20 heavy (non-hydrogen) atoms. The number of halogens is 4. The summed E-state index contributed by atoms with van der Waals surface area (Å²) in [6.07, 6.45) is 0. The fourth-order valence-corrected chi connectivity index (χ4v) is 3.87. The molecule has 2 aromatic rings. The summed E-state index contributed by atoms with van der Waals surface area (Å²) in [5.41, 5.74) is 2.13. The van der Waals surface area contributed by atoms with Crippen LogP contribution in [0, 0.1) is 3.57 Å². The van der Waals surface area contributed by atoms with E-state index in [0.29, 0.717) is 6.61 Å². The van der Waals surface area contributed by atoms with Crippen LogP contribution in [0.5, 0.6) is 5.75 Å². The van der Waals surface area contributed by atoms with Crippen LogP contribution in [0.15, 0.2) is 45.3 Å². The maximum Gasteiger partial charge on any atom is 0.133 e. The first kappa shape index (κ1) is 16.6. The number of alkyl halides is 1. The molecule has 1 unspecified atom stereocenters. The van der Waals surface area contributed by atoms with Crippen molar-refractivity contribution in [3.63, 3.8) is 0 Å². The minimum atomic E-state index is -0.189. The zero-order chi connectivity index (χ0) is 14.7. The summed E-state index contributed by atoms with van der Waals surface area (Å²) in [5.74, 6) is 0.837. The van der Waals surface area contributed by atoms with Gasteiger partial charge in [-0.1, -0.05) is 22.0 Å². The minimum Gasteiger partial charge on any atom is -0.493 e. The van der Waals surface area contributed by atoms with Crippen LogP contribution in [0.1, 0.15) is 23.4 Å². The van der Waals surface area contributed by atoms with Gasteiger partial charge in [-0.05, 0) is 86.9 Å². The van der Waals surface area contributed by atoms with E-state index in [0.717, 1.165) is 29.4 Å². The number of hydrogen-bond acceptors (Lipinski definition) is 1. The summed E-state index contributed by atoms with van der Waals surface area (Å²) in [5, 5.41) is -0.189. The number of rotatable bonds is 4. The normalized spacial score (nSPS) is 12.2. The van der Waals surface area contributed by atoms with E-state index in [9.17, 15) is 0 Å². The van der Waals surface area contributed by atoms with Gasteiger partial charge in [0.25, 0.3) is 0 Å². The highest BCUT2D eigenvalue weighted by Gasteiger charge is 2.16. The fraction of sp³-hybridized carbons (Fsp3) is 0.200. The molecule has 0 aliphatic carbocycles. The van der Waals surface area contributed by atoms with Crippen LogP contribution in [-0.4, -0.2) is 6.61 Å². The number of hydrogen-bond donors (Lipinski definition) is 0. The van der Waals surface area contributed by atoms with Crippen molar-refractivity contribution >= 4 is 66.1 Å². The maximum absolute atomic E-state index is 6.62. The van der Waals surface area contributed by atoms with Gasteiger partial charge in [0.1, 0.15) is 5.75 Å². The van der Waals surface area contributed by atoms with Crippen LogP contribution in [0.25, 0.3) is 0 Å². The van der Waals surface area contributed by atoms with E-state index in [1.165, 1.54) is 0 Å². The SMILES string of the molecule is CCOc1ccc(C(Cl)c2cc(Br)ccc2I)cc1Br. The summed E-state index contributed by atoms with van der Waals surface area (Å²) in [6.45, 7) is 2.61. The molecular formula is C15H12Br2ClIO. The van der Waals surface area contributed by atoms with Gasteiger partial charge in [-0.25, -0.2) is 0 Å². The predicted octanol–water partition coefficient (Wildman–Crippen LogP) is 6.54. The highest BCUT2D eigenvalue weighted by molar-refractivity contribution is 14.1. The van der Waals surface area contributed by atoms with Gasteiger partial charge < -0.3 is 4.74 Å². The Morgan fingerprint density at radius 3 is 2.60 bits per heavy atom. The zero-order valence-corrected chi connectivity index (χ0v) is 16.8. The van der Waals surface area contributed by atoms with Crippen molar-refractivity contribution in [3.8, 4) is 5.75 Å². The second kappa shape index (κ2) is 7.47. The van der Waals surface area contributed by atoms with Crippen LogP contribution in [0.2, 0.25) is 0 Å². The third-order valence-corrected chi connectivity index (χ3v) is 5.36. The van der Waals surface area contributed by atoms with Gasteiger partial charge in [0.2, 0.25) is 0 Å². The van der Waals surface area contributed by atoms with Gasteiger partial charge in [-0.15, -0.1) is 11.6 Å². The molecule has 0 aromatic heterocycles. The van der Waals surface area contributed by atoms with E-state index < -0.39 is 0 Å². The lowest BCUT2D eigenvalue weighted by atomic mass is 10.0. The highest BCUT2D eigenvalue weighted by Crippen LogP contribution is 2.36. The lowest BCUT2D eigenvalue weighted by molar-refractivity contribution is 0.338. The molecule has 0 amide bonds. The summed E-state index contributed by atoms with van der Waals surface area (Å²) < 4.78 is 8.62. The van der Waals surface area contributed by atoms with Crippen molar-refractivity contribution in [1.29, 1.82) is 0 Å². The van der Waals surface area contributed by atoms with Crippen LogP contribution >= 0.6 is 66.1 Å². The van der Waals surface area contributed by atoms with E-state index in [1.54, 1.807) is 0 Å². The number of benzene rings is 2. The van der Waals surface area contributed by atoms with E-state index in [4.69, 9.17) is 16.3 Å². The molecule has 2 rings (SSSR count). The molecule has 0 radical (unpaired) electrons. The summed E-state index contributed by atoms with van der Waals surface area (Å²) in [6, 6.07) is 12.1. The van der Waals surface area contributed by atoms with Crippen LogP contribution in [0.4, 0.5) is 0 Å². The third kappa shape index (κ3) is 3.90. The Kier molecular flexibility index (Phi) is 6.20. The molecule has 0 N–H and O–H groups in total. The van der Waals surface area contributed by atoms with Crippen molar-refractivity contribution < 1.29 is 4.74 Å². The van der Waals surface area contributed by atoms with Crippen molar-refractivity contribution in [3.05, 3.63) is 60.0 Å². The van der Waals surface area contributed by atoms with Gasteiger partial charge in [0.05, 0.1) is 16.5 Å². The third-order valence-electron chi connectivity index (χ3n) is 2.78. The Labute approximate surface area is 154 Å². The van der Waals surface area contributed by atoms with Crippen molar-refractivity contribution in [2.75, 3.05) is 6.61 Å². The Balaban J connectivity index is 2.35. The van der Waals surface area contributed by atoms with Crippen LogP contribution in [-0.2, 0) is 0 Å². The minimum absolute atomic E-state index is 0.189. The number of ether oxygens (including phenoxy) is 1. The molecule has 0 aliphatic rings. The summed E-state index contributed by atoms with van der Waals surface area (Å²) in [7, 11) is 0. The second-order valence-corrected chi connectivity index (χ2v) is 7.52. The highest BCUT2D eigenvalue weighted by atomic mass is 127. The zero-order valence-electron chi connectivity index (χ0n) is 10.7. The quantitative estimate of drug-likeness (QED) is 0.322. The Morgan fingerprint density at radius 2 is 1.95 bits per heavy atom. The van der Waals surface area contributed by atoms with E-state index >= 15 is 0 Å². The fourth-order valence-electron chi connectivity index (χ4n) is 1.84. The molecule has 106 valence electrons. The van der Waals surface area contributed by atoms with Crippen LogP contribution < -0.4 is 4.74 Å². The van der Waals surface area contributed by atoms with Gasteiger partial charge in [-0.2, -0.15) is 0 Å². The lowest BCUT2D eigenvalue weighted by Gasteiger charge is -2.15. The molecule has 0 heterocycles. The average Bonchev–Trinajstić information content (AvgIpc) is 2.43. The molecule has 5 heteroatoms. The molecular weight excluding hydrogens is 518 g/mol. The van der Waals surface area contributed by atoms with Gasteiger partial charge in [0, 0.05) is 8.04 Å². The summed E-state index contributed by atoms with van der Waals surface area (Å²) in [4.78, 5) is 0. The second-order valence-electron chi connectivity index (χ2n) is 4.15. The van der Waals surface area contributed by atoms with E-state index in [1.807, 2.05) is 31.2 Å². The lowest BCUT2D eigenvalue weighted by Crippen LogP contribution is -1.98. The smallest absolute Gasteiger partial charge is 0.133 e. The first-order chi connectivity index (χ1) is 9.52. The molecule has 0 spiro atoms. The van der Waals surface area contributed by atoms with Crippen molar-refractivity contribution in [1.82, 2.24) is 0 Å². The van der Waals surface area contributed by atoms with Crippen LogP contribution in [0.3, 0.4) is 0 Å². The van der Waals surface area contributed by atoms with Crippen molar-refractivity contribution in [2.24, 2.45) is 0 Å². The van der Waals surface area contributed by atoms with Crippen molar-refractivity contribution in [2.45, 2.75) is 12.3 Å².